The lowest BCUT2D eigenvalue weighted by Crippen LogP contribution is -2.50. The maximum atomic E-state index is 12.4. The van der Waals surface area contributed by atoms with Gasteiger partial charge in [-0.05, 0) is 37.1 Å². The van der Waals surface area contributed by atoms with E-state index in [9.17, 15) is 14.4 Å². The highest BCUT2D eigenvalue weighted by molar-refractivity contribution is 5.93. The second kappa shape index (κ2) is 8.13. The number of hydrogen-bond donors (Lipinski definition) is 2. The van der Waals surface area contributed by atoms with Crippen molar-refractivity contribution < 1.29 is 9.59 Å². The molecule has 1 fully saturated rings. The third-order valence-electron chi connectivity index (χ3n) is 4.80. The van der Waals surface area contributed by atoms with Crippen molar-refractivity contribution in [3.05, 3.63) is 57.5 Å². The van der Waals surface area contributed by atoms with E-state index in [1.165, 1.54) is 12.1 Å². The first-order chi connectivity index (χ1) is 12.9. The summed E-state index contributed by atoms with van der Waals surface area (Å²) in [4.78, 5) is 39.5. The summed E-state index contributed by atoms with van der Waals surface area (Å²) in [5, 5.41) is 9.01. The van der Waals surface area contributed by atoms with Crippen molar-refractivity contribution in [2.24, 2.45) is 0 Å². The molecule has 1 aliphatic heterocycles. The molecule has 0 radical (unpaired) electrons. The van der Waals surface area contributed by atoms with Gasteiger partial charge in [-0.3, -0.25) is 19.3 Å². The molecule has 8 nitrogen and oxygen atoms in total. The van der Waals surface area contributed by atoms with E-state index in [1.807, 2.05) is 36.9 Å². The molecule has 0 atom stereocenters. The molecular weight excluding hydrogens is 346 g/mol. The van der Waals surface area contributed by atoms with Gasteiger partial charge in [0.25, 0.3) is 11.5 Å². The molecule has 1 saturated heterocycles. The predicted molar refractivity (Wildman–Crippen MR) is 102 cm³/mol. The predicted octanol–water partition coefficient (Wildman–Crippen LogP) is 0.783. The smallest absolute Gasteiger partial charge is 0.274 e. The SMILES string of the molecule is Cc1cccc(NC(=O)CN2CCN(C(=O)c3ccc(=O)[nH]n3)CC2)c1C. The number of benzene rings is 1. The monoisotopic (exact) mass is 369 g/mol. The number of H-pyrrole nitrogens is 1. The number of anilines is 1. The Hall–Kier alpha value is -3.00. The molecule has 0 saturated carbocycles. The summed E-state index contributed by atoms with van der Waals surface area (Å²) in [5.41, 5.74) is 2.91. The fraction of sp³-hybridized carbons (Fsp3) is 0.368. The van der Waals surface area contributed by atoms with Crippen LogP contribution in [0.4, 0.5) is 5.69 Å². The maximum Gasteiger partial charge on any atom is 0.274 e. The Bertz CT molecular complexity index is 880. The molecule has 1 aliphatic rings. The van der Waals surface area contributed by atoms with E-state index < -0.39 is 0 Å². The number of rotatable bonds is 4. The number of aromatic nitrogens is 2. The van der Waals surface area contributed by atoms with Crippen LogP contribution < -0.4 is 10.9 Å². The lowest BCUT2D eigenvalue weighted by molar-refractivity contribution is -0.117. The minimum atomic E-state index is -0.341. The molecule has 1 aromatic carbocycles. The number of hydrogen-bond acceptors (Lipinski definition) is 5. The van der Waals surface area contributed by atoms with Crippen LogP contribution in [0.5, 0.6) is 0 Å². The molecule has 142 valence electrons. The molecule has 1 aromatic heterocycles. The van der Waals surface area contributed by atoms with Gasteiger partial charge in [0.05, 0.1) is 6.54 Å². The van der Waals surface area contributed by atoms with Gasteiger partial charge >= 0.3 is 0 Å². The molecule has 0 spiro atoms. The molecule has 2 heterocycles. The molecule has 2 aromatic rings. The molecule has 3 rings (SSSR count). The van der Waals surface area contributed by atoms with Gasteiger partial charge in [0.15, 0.2) is 0 Å². The number of nitrogens with one attached hydrogen (secondary N) is 2. The molecule has 8 heteroatoms. The van der Waals surface area contributed by atoms with Crippen LogP contribution >= 0.6 is 0 Å². The van der Waals surface area contributed by atoms with E-state index in [0.29, 0.717) is 26.2 Å². The summed E-state index contributed by atoms with van der Waals surface area (Å²) in [6.07, 6.45) is 0. The van der Waals surface area contributed by atoms with Crippen molar-refractivity contribution in [3.63, 3.8) is 0 Å². The zero-order chi connectivity index (χ0) is 19.4. The van der Waals surface area contributed by atoms with Gasteiger partial charge in [-0.25, -0.2) is 5.10 Å². The van der Waals surface area contributed by atoms with Crippen molar-refractivity contribution in [1.29, 1.82) is 0 Å². The summed E-state index contributed by atoms with van der Waals surface area (Å²) in [5.74, 6) is -0.281. The number of aromatic amines is 1. The molecule has 2 N–H and O–H groups in total. The van der Waals surface area contributed by atoms with Crippen LogP contribution in [0.25, 0.3) is 0 Å². The van der Waals surface area contributed by atoms with Crippen LogP contribution in [-0.4, -0.2) is 64.5 Å². The number of carbonyl (C=O) groups excluding carboxylic acids is 2. The molecular formula is C19H23N5O3. The number of nitrogens with zero attached hydrogens (tertiary/aromatic N) is 3. The summed E-state index contributed by atoms with van der Waals surface area (Å²) >= 11 is 0. The van der Waals surface area contributed by atoms with Crippen LogP contribution in [0.15, 0.2) is 35.1 Å². The fourth-order valence-electron chi connectivity index (χ4n) is 3.01. The van der Waals surface area contributed by atoms with Gasteiger partial charge in [-0.2, -0.15) is 5.10 Å². The van der Waals surface area contributed by atoms with Gasteiger partial charge in [-0.15, -0.1) is 0 Å². The molecule has 0 aliphatic carbocycles. The normalized spacial score (nSPS) is 14.8. The minimum Gasteiger partial charge on any atom is -0.335 e. The highest BCUT2D eigenvalue weighted by Crippen LogP contribution is 2.18. The molecule has 27 heavy (non-hydrogen) atoms. The molecule has 0 unspecified atom stereocenters. The van der Waals surface area contributed by atoms with Gasteiger partial charge in [0.1, 0.15) is 5.69 Å². The lowest BCUT2D eigenvalue weighted by atomic mass is 10.1. The van der Waals surface area contributed by atoms with Crippen molar-refractivity contribution in [2.45, 2.75) is 13.8 Å². The van der Waals surface area contributed by atoms with Crippen LogP contribution in [-0.2, 0) is 4.79 Å². The largest absolute Gasteiger partial charge is 0.335 e. The maximum absolute atomic E-state index is 12.4. The van der Waals surface area contributed by atoms with Crippen molar-refractivity contribution in [1.82, 2.24) is 20.0 Å². The first-order valence-electron chi connectivity index (χ1n) is 8.87. The van der Waals surface area contributed by atoms with Crippen molar-refractivity contribution >= 4 is 17.5 Å². The fourth-order valence-corrected chi connectivity index (χ4v) is 3.01. The Morgan fingerprint density at radius 1 is 1.11 bits per heavy atom. The second-order valence-corrected chi connectivity index (χ2v) is 6.67. The number of amides is 2. The standard InChI is InChI=1S/C19H23N5O3/c1-13-4-3-5-15(14(13)2)20-18(26)12-23-8-10-24(11-9-23)19(27)16-6-7-17(25)22-21-16/h3-7H,8-12H2,1-2H3,(H,20,26)(H,22,25). The van der Waals surface area contributed by atoms with Gasteiger partial charge in [0, 0.05) is 37.9 Å². The first-order valence-corrected chi connectivity index (χ1v) is 8.87. The summed E-state index contributed by atoms with van der Waals surface area (Å²) in [6, 6.07) is 8.54. The number of carbonyl (C=O) groups is 2. The average Bonchev–Trinajstić information content (AvgIpc) is 2.66. The van der Waals surface area contributed by atoms with E-state index >= 15 is 0 Å². The minimum absolute atomic E-state index is 0.0641. The van der Waals surface area contributed by atoms with Crippen LogP contribution in [0.2, 0.25) is 0 Å². The highest BCUT2D eigenvalue weighted by Gasteiger charge is 2.24. The first kappa shape index (κ1) is 18.8. The lowest BCUT2D eigenvalue weighted by Gasteiger charge is -2.34. The topological polar surface area (TPSA) is 98.4 Å². The Morgan fingerprint density at radius 2 is 1.85 bits per heavy atom. The van der Waals surface area contributed by atoms with E-state index in [-0.39, 0.29) is 29.6 Å². The summed E-state index contributed by atoms with van der Waals surface area (Å²) < 4.78 is 0. The van der Waals surface area contributed by atoms with E-state index in [0.717, 1.165) is 16.8 Å². The van der Waals surface area contributed by atoms with Gasteiger partial charge < -0.3 is 10.2 Å². The van der Waals surface area contributed by atoms with Crippen LogP contribution in [0.3, 0.4) is 0 Å². The Morgan fingerprint density at radius 3 is 2.52 bits per heavy atom. The molecule has 2 amide bonds. The zero-order valence-electron chi connectivity index (χ0n) is 15.5. The second-order valence-electron chi connectivity index (χ2n) is 6.67. The van der Waals surface area contributed by atoms with E-state index in [1.54, 1.807) is 4.90 Å². The van der Waals surface area contributed by atoms with Crippen molar-refractivity contribution in [2.75, 3.05) is 38.0 Å². The Labute approximate surface area is 157 Å². The van der Waals surface area contributed by atoms with Crippen molar-refractivity contribution in [3.8, 4) is 0 Å². The van der Waals surface area contributed by atoms with E-state index in [4.69, 9.17) is 0 Å². The van der Waals surface area contributed by atoms with Crippen LogP contribution in [0.1, 0.15) is 21.6 Å². The Kier molecular flexibility index (Phi) is 5.66. The van der Waals surface area contributed by atoms with Gasteiger partial charge in [-0.1, -0.05) is 12.1 Å². The number of piperazine rings is 1. The summed E-state index contributed by atoms with van der Waals surface area (Å²) in [6.45, 7) is 6.52. The highest BCUT2D eigenvalue weighted by atomic mass is 16.2. The number of aryl methyl sites for hydroxylation is 1. The third-order valence-corrected chi connectivity index (χ3v) is 4.80. The average molecular weight is 369 g/mol. The summed E-state index contributed by atoms with van der Waals surface area (Å²) in [7, 11) is 0. The van der Waals surface area contributed by atoms with Gasteiger partial charge in [0.2, 0.25) is 5.91 Å². The van der Waals surface area contributed by atoms with E-state index in [2.05, 4.69) is 15.5 Å². The zero-order valence-corrected chi connectivity index (χ0v) is 15.5. The van der Waals surface area contributed by atoms with Crippen LogP contribution in [0, 0.1) is 13.8 Å². The third kappa shape index (κ3) is 4.59. The molecule has 0 bridgehead atoms. The Balaban J connectivity index is 1.51. The quantitative estimate of drug-likeness (QED) is 0.830.